The van der Waals surface area contributed by atoms with Crippen LogP contribution in [0.1, 0.15) is 65.2 Å². The first-order valence-corrected chi connectivity index (χ1v) is 13.2. The van der Waals surface area contributed by atoms with Crippen LogP contribution in [0, 0.1) is 5.92 Å². The van der Waals surface area contributed by atoms with Crippen molar-refractivity contribution >= 4 is 29.6 Å². The summed E-state index contributed by atoms with van der Waals surface area (Å²) in [5.74, 6) is 0.400. The maximum atomic E-state index is 12.7. The highest BCUT2D eigenvalue weighted by atomic mass is 16.2. The molecule has 13 heteroatoms. The Hall–Kier alpha value is -3.09. The zero-order valence-electron chi connectivity index (χ0n) is 22.8. The van der Waals surface area contributed by atoms with Gasteiger partial charge in [-0.2, -0.15) is 0 Å². The van der Waals surface area contributed by atoms with E-state index < -0.39 is 0 Å². The molecule has 0 saturated carbocycles. The first kappa shape index (κ1) is 33.9. The van der Waals surface area contributed by atoms with Gasteiger partial charge in [-0.3, -0.25) is 24.4 Å². The van der Waals surface area contributed by atoms with E-state index in [4.69, 9.17) is 22.9 Å². The van der Waals surface area contributed by atoms with Crippen molar-refractivity contribution in [3.8, 4) is 0 Å². The van der Waals surface area contributed by atoms with Crippen molar-refractivity contribution in [2.24, 2.45) is 38.8 Å². The number of aliphatic imine (C=N–C) groups is 2. The van der Waals surface area contributed by atoms with Crippen LogP contribution in [-0.2, 0) is 14.4 Å². The summed E-state index contributed by atoms with van der Waals surface area (Å²) in [4.78, 5) is 46.0. The quantitative estimate of drug-likeness (QED) is 0.0523. The van der Waals surface area contributed by atoms with Crippen LogP contribution in [0.2, 0.25) is 0 Å². The van der Waals surface area contributed by atoms with Crippen molar-refractivity contribution in [1.82, 2.24) is 20.9 Å². The van der Waals surface area contributed by atoms with E-state index in [1.54, 1.807) is 4.90 Å². The van der Waals surface area contributed by atoms with Gasteiger partial charge in [0, 0.05) is 58.5 Å². The third kappa shape index (κ3) is 23.1. The van der Waals surface area contributed by atoms with Gasteiger partial charge in [0.05, 0.1) is 0 Å². The Kier molecular flexibility index (Phi) is 20.3. The van der Waals surface area contributed by atoms with Gasteiger partial charge in [0.25, 0.3) is 0 Å². The van der Waals surface area contributed by atoms with Crippen molar-refractivity contribution in [2.45, 2.75) is 65.2 Å². The van der Waals surface area contributed by atoms with Crippen LogP contribution in [0.4, 0.5) is 0 Å². The summed E-state index contributed by atoms with van der Waals surface area (Å²) < 4.78 is 0. The minimum absolute atomic E-state index is 0.0125. The summed E-state index contributed by atoms with van der Waals surface area (Å²) in [6.07, 6.45) is 4.58. The average Bonchev–Trinajstić information content (AvgIpc) is 2.83. The third-order valence-electron chi connectivity index (χ3n) is 5.33. The molecule has 0 aliphatic heterocycles. The van der Waals surface area contributed by atoms with Gasteiger partial charge in [0.1, 0.15) is 0 Å². The molecule has 0 radical (unpaired) electrons. The molecule has 11 N–H and O–H groups in total. The number of rotatable bonds is 22. The van der Waals surface area contributed by atoms with E-state index in [1.165, 1.54) is 0 Å². The van der Waals surface area contributed by atoms with Crippen LogP contribution >= 0.6 is 0 Å². The molecule has 0 saturated heterocycles. The second kappa shape index (κ2) is 22.1. The molecule has 0 heterocycles. The van der Waals surface area contributed by atoms with Gasteiger partial charge < -0.3 is 43.8 Å². The van der Waals surface area contributed by atoms with Crippen LogP contribution in [0.15, 0.2) is 9.98 Å². The lowest BCUT2D eigenvalue weighted by Crippen LogP contribution is -2.35. The van der Waals surface area contributed by atoms with Crippen LogP contribution in [0.25, 0.3) is 0 Å². The van der Waals surface area contributed by atoms with Crippen LogP contribution < -0.4 is 38.9 Å². The molecule has 0 atom stereocenters. The van der Waals surface area contributed by atoms with E-state index in [9.17, 15) is 14.4 Å². The predicted molar refractivity (Wildman–Crippen MR) is 149 cm³/mol. The molecule has 0 unspecified atom stereocenters. The van der Waals surface area contributed by atoms with Gasteiger partial charge in [-0.05, 0) is 51.1 Å². The van der Waals surface area contributed by atoms with Crippen molar-refractivity contribution in [3.05, 3.63) is 0 Å². The molecule has 0 fully saturated rings. The average molecular weight is 527 g/mol. The summed E-state index contributed by atoms with van der Waals surface area (Å²) in [6.45, 7) is 8.76. The lowest BCUT2D eigenvalue weighted by atomic mass is 10.1. The van der Waals surface area contributed by atoms with Gasteiger partial charge in [-0.25, -0.2) is 0 Å². The summed E-state index contributed by atoms with van der Waals surface area (Å²) in [5, 5.41) is 9.07. The SMILES string of the molecule is CC(C)CCC(=O)NCCCNCCCNC(=O)CCC(=O)N(CCCN=C(N)N)CCCN=C(N)N. The van der Waals surface area contributed by atoms with Crippen molar-refractivity contribution in [2.75, 3.05) is 52.4 Å². The molecular formula is C24H50N10O3. The van der Waals surface area contributed by atoms with Crippen molar-refractivity contribution < 1.29 is 14.4 Å². The van der Waals surface area contributed by atoms with E-state index in [0.717, 1.165) is 32.4 Å². The topological polar surface area (TPSA) is 219 Å². The third-order valence-corrected chi connectivity index (χ3v) is 5.33. The molecule has 0 aromatic carbocycles. The van der Waals surface area contributed by atoms with Crippen molar-refractivity contribution in [1.29, 1.82) is 0 Å². The number of guanidine groups is 2. The number of carbonyl (C=O) groups is 3. The molecule has 214 valence electrons. The zero-order valence-corrected chi connectivity index (χ0v) is 22.8. The Bertz CT molecular complexity index is 681. The molecule has 0 aromatic heterocycles. The molecule has 3 amide bonds. The number of carbonyl (C=O) groups excluding carboxylic acids is 3. The maximum Gasteiger partial charge on any atom is 0.223 e. The van der Waals surface area contributed by atoms with Crippen LogP contribution in [-0.4, -0.2) is 86.9 Å². The Balaban J connectivity index is 4.03. The highest BCUT2D eigenvalue weighted by molar-refractivity contribution is 5.83. The summed E-state index contributed by atoms with van der Waals surface area (Å²) in [7, 11) is 0. The normalized spacial score (nSPS) is 10.6. The predicted octanol–water partition coefficient (Wildman–Crippen LogP) is -1.04. The van der Waals surface area contributed by atoms with Crippen LogP contribution in [0.3, 0.4) is 0 Å². The number of amides is 3. The lowest BCUT2D eigenvalue weighted by molar-refractivity contribution is -0.133. The zero-order chi connectivity index (χ0) is 27.9. The highest BCUT2D eigenvalue weighted by Gasteiger charge is 2.14. The van der Waals surface area contributed by atoms with E-state index in [-0.39, 0.29) is 42.5 Å². The maximum absolute atomic E-state index is 12.7. The molecule has 0 spiro atoms. The summed E-state index contributed by atoms with van der Waals surface area (Å²) in [6, 6.07) is 0. The van der Waals surface area contributed by atoms with E-state index in [0.29, 0.717) is 64.4 Å². The molecule has 0 aromatic rings. The van der Waals surface area contributed by atoms with Crippen molar-refractivity contribution in [3.63, 3.8) is 0 Å². The summed E-state index contributed by atoms with van der Waals surface area (Å²) in [5.41, 5.74) is 21.3. The molecule has 0 aliphatic carbocycles. The van der Waals surface area contributed by atoms with Gasteiger partial charge in [0.15, 0.2) is 11.9 Å². The smallest absolute Gasteiger partial charge is 0.223 e. The van der Waals surface area contributed by atoms with Gasteiger partial charge in [0.2, 0.25) is 17.7 Å². The van der Waals surface area contributed by atoms with Gasteiger partial charge in [-0.1, -0.05) is 13.8 Å². The minimum Gasteiger partial charge on any atom is -0.370 e. The Labute approximate surface area is 221 Å². The molecule has 0 rings (SSSR count). The van der Waals surface area contributed by atoms with Gasteiger partial charge in [-0.15, -0.1) is 0 Å². The largest absolute Gasteiger partial charge is 0.370 e. The first-order valence-electron chi connectivity index (χ1n) is 13.2. The van der Waals surface area contributed by atoms with E-state index >= 15 is 0 Å². The minimum atomic E-state index is -0.154. The second-order valence-electron chi connectivity index (χ2n) is 9.29. The van der Waals surface area contributed by atoms with Gasteiger partial charge >= 0.3 is 0 Å². The highest BCUT2D eigenvalue weighted by Crippen LogP contribution is 2.03. The Morgan fingerprint density at radius 1 is 0.703 bits per heavy atom. The number of nitrogens with one attached hydrogen (secondary N) is 3. The number of hydrogen-bond donors (Lipinski definition) is 7. The second-order valence-corrected chi connectivity index (χ2v) is 9.29. The molecule has 0 bridgehead atoms. The van der Waals surface area contributed by atoms with Crippen LogP contribution in [0.5, 0.6) is 0 Å². The number of nitrogens with two attached hydrogens (primary N) is 4. The number of nitrogens with zero attached hydrogens (tertiary/aromatic N) is 3. The fraction of sp³-hybridized carbons (Fsp3) is 0.792. The Morgan fingerprint density at radius 2 is 1.19 bits per heavy atom. The fourth-order valence-electron chi connectivity index (χ4n) is 3.28. The number of hydrogen-bond acceptors (Lipinski definition) is 6. The molecule has 13 nitrogen and oxygen atoms in total. The Morgan fingerprint density at radius 3 is 1.65 bits per heavy atom. The molecule has 0 aliphatic rings. The fourth-order valence-corrected chi connectivity index (χ4v) is 3.28. The summed E-state index contributed by atoms with van der Waals surface area (Å²) >= 11 is 0. The standard InChI is InChI=1S/C24H50N10O3/c1-19(2)7-8-20(35)30-13-3-11-29-12-4-14-31-21(36)9-10-22(37)34(17-5-15-32-23(25)26)18-6-16-33-24(27)28/h19,29H,3-18H2,1-2H3,(H,30,35)(H,31,36)(H4,25,26,32)(H4,27,28,33). The molecular weight excluding hydrogens is 476 g/mol. The lowest BCUT2D eigenvalue weighted by Gasteiger charge is -2.22. The first-order chi connectivity index (χ1) is 17.6. The molecule has 37 heavy (non-hydrogen) atoms. The van der Waals surface area contributed by atoms with E-state index in [1.807, 2.05) is 0 Å². The van der Waals surface area contributed by atoms with E-state index in [2.05, 4.69) is 39.8 Å². The monoisotopic (exact) mass is 526 g/mol.